The molecule has 0 aliphatic heterocycles. The summed E-state index contributed by atoms with van der Waals surface area (Å²) in [6.45, 7) is 2.04. The van der Waals surface area contributed by atoms with Crippen LogP contribution in [0.5, 0.6) is 0 Å². The van der Waals surface area contributed by atoms with Gasteiger partial charge in [-0.2, -0.15) is 5.26 Å². The third kappa shape index (κ3) is 1.35. The van der Waals surface area contributed by atoms with Crippen molar-refractivity contribution in [1.82, 2.24) is 4.98 Å². The second kappa shape index (κ2) is 3.02. The molecule has 1 heterocycles. The molecule has 0 aliphatic carbocycles. The van der Waals surface area contributed by atoms with Crippen molar-refractivity contribution in [3.05, 3.63) is 17.8 Å². The Morgan fingerprint density at radius 1 is 1.80 bits per heavy atom. The number of aromatic nitrogens is 1. The first-order chi connectivity index (χ1) is 4.86. The van der Waals surface area contributed by atoms with Gasteiger partial charge < -0.3 is 4.42 Å². The smallest absolute Gasteiger partial charge is 0.195 e. The zero-order valence-corrected chi connectivity index (χ0v) is 5.79. The van der Waals surface area contributed by atoms with Crippen LogP contribution < -0.4 is 0 Å². The van der Waals surface area contributed by atoms with Crippen molar-refractivity contribution >= 4 is 0 Å². The first-order valence-electron chi connectivity index (χ1n) is 3.21. The largest absolute Gasteiger partial charge is 0.448 e. The number of nitrogens with zero attached hydrogens (tertiary/aromatic N) is 2. The molecule has 0 saturated carbocycles. The van der Waals surface area contributed by atoms with Gasteiger partial charge in [0.25, 0.3) is 0 Å². The predicted octanol–water partition coefficient (Wildman–Crippen LogP) is 1.50. The van der Waals surface area contributed by atoms with Crippen LogP contribution in [0.15, 0.2) is 10.7 Å². The summed E-state index contributed by atoms with van der Waals surface area (Å²) in [6.07, 6.45) is 3.18. The summed E-state index contributed by atoms with van der Waals surface area (Å²) in [4.78, 5) is 3.89. The van der Waals surface area contributed by atoms with Gasteiger partial charge in [-0.05, 0) is 6.42 Å². The molecule has 1 rings (SSSR count). The molecule has 0 spiro atoms. The number of nitriles is 1. The highest BCUT2D eigenvalue weighted by molar-refractivity contribution is 5.14. The Morgan fingerprint density at radius 2 is 2.60 bits per heavy atom. The van der Waals surface area contributed by atoms with E-state index >= 15 is 0 Å². The molecule has 0 radical (unpaired) electrons. The van der Waals surface area contributed by atoms with Crippen LogP contribution in [0.25, 0.3) is 0 Å². The van der Waals surface area contributed by atoms with Crippen molar-refractivity contribution < 1.29 is 4.42 Å². The molecule has 0 unspecified atom stereocenters. The Labute approximate surface area is 59.3 Å². The van der Waals surface area contributed by atoms with Gasteiger partial charge in [-0.25, -0.2) is 4.98 Å². The predicted molar refractivity (Wildman–Crippen MR) is 35.2 cm³/mol. The molecule has 0 fully saturated rings. The molecule has 0 aliphatic rings. The van der Waals surface area contributed by atoms with E-state index in [2.05, 4.69) is 4.98 Å². The Hall–Kier alpha value is -1.30. The summed E-state index contributed by atoms with van der Waals surface area (Å²) in [5, 5.41) is 8.35. The lowest BCUT2D eigenvalue weighted by atomic mass is 10.3. The molecule has 0 saturated heterocycles. The van der Waals surface area contributed by atoms with Crippen LogP contribution in [0.3, 0.4) is 0 Å². The Morgan fingerprint density at radius 3 is 3.10 bits per heavy atom. The summed E-state index contributed by atoms with van der Waals surface area (Å²) in [7, 11) is 0. The summed E-state index contributed by atoms with van der Waals surface area (Å²) in [5.41, 5.74) is 0.364. The molecule has 0 atom stereocenters. The zero-order valence-electron chi connectivity index (χ0n) is 5.79. The fourth-order valence-electron chi connectivity index (χ4n) is 0.691. The molecule has 3 heteroatoms. The molecule has 1 aromatic heterocycles. The van der Waals surface area contributed by atoms with Crippen LogP contribution in [-0.4, -0.2) is 4.98 Å². The van der Waals surface area contributed by atoms with Gasteiger partial charge in [0.05, 0.1) is 0 Å². The minimum absolute atomic E-state index is 0.364. The topological polar surface area (TPSA) is 49.8 Å². The van der Waals surface area contributed by atoms with Crippen LogP contribution in [0.1, 0.15) is 24.9 Å². The van der Waals surface area contributed by atoms with Gasteiger partial charge >= 0.3 is 0 Å². The van der Waals surface area contributed by atoms with E-state index in [9.17, 15) is 0 Å². The van der Waals surface area contributed by atoms with Crippen LogP contribution >= 0.6 is 0 Å². The molecule has 0 bridgehead atoms. The summed E-state index contributed by atoms with van der Waals surface area (Å²) in [6, 6.07) is 1.90. The lowest BCUT2D eigenvalue weighted by Crippen LogP contribution is -1.81. The Balaban J connectivity index is 2.71. The number of aryl methyl sites for hydroxylation is 1. The average Bonchev–Trinajstić information content (AvgIpc) is 2.37. The third-order valence-electron chi connectivity index (χ3n) is 1.13. The highest BCUT2D eigenvalue weighted by Crippen LogP contribution is 2.02. The third-order valence-corrected chi connectivity index (χ3v) is 1.13. The van der Waals surface area contributed by atoms with E-state index < -0.39 is 0 Å². The van der Waals surface area contributed by atoms with E-state index in [1.54, 1.807) is 0 Å². The molecule has 0 aromatic carbocycles. The minimum atomic E-state index is 0.364. The van der Waals surface area contributed by atoms with Gasteiger partial charge in [-0.3, -0.25) is 0 Å². The fraction of sp³-hybridized carbons (Fsp3) is 0.429. The monoisotopic (exact) mass is 136 g/mol. The maximum Gasteiger partial charge on any atom is 0.195 e. The van der Waals surface area contributed by atoms with Gasteiger partial charge in [0.2, 0.25) is 0 Å². The highest BCUT2D eigenvalue weighted by atomic mass is 16.3. The first-order valence-corrected chi connectivity index (χ1v) is 3.21. The number of oxazole rings is 1. The van der Waals surface area contributed by atoms with Gasteiger partial charge in [-0.1, -0.05) is 6.92 Å². The quantitative estimate of drug-likeness (QED) is 0.619. The molecule has 10 heavy (non-hydrogen) atoms. The second-order valence-corrected chi connectivity index (χ2v) is 1.99. The van der Waals surface area contributed by atoms with E-state index in [0.29, 0.717) is 11.6 Å². The van der Waals surface area contributed by atoms with E-state index in [1.165, 1.54) is 6.26 Å². The number of hydrogen-bond acceptors (Lipinski definition) is 3. The van der Waals surface area contributed by atoms with E-state index in [1.807, 2.05) is 13.0 Å². The van der Waals surface area contributed by atoms with Crippen molar-refractivity contribution in [2.24, 2.45) is 0 Å². The van der Waals surface area contributed by atoms with Crippen LogP contribution in [0.2, 0.25) is 0 Å². The van der Waals surface area contributed by atoms with Crippen LogP contribution in [0.4, 0.5) is 0 Å². The van der Waals surface area contributed by atoms with E-state index in [0.717, 1.165) is 12.8 Å². The molecular weight excluding hydrogens is 128 g/mol. The fourth-order valence-corrected chi connectivity index (χ4v) is 0.691. The Bertz CT molecular complexity index is 246. The summed E-state index contributed by atoms with van der Waals surface area (Å²) >= 11 is 0. The maximum absolute atomic E-state index is 8.35. The molecular formula is C7H8N2O. The zero-order chi connectivity index (χ0) is 7.40. The van der Waals surface area contributed by atoms with Gasteiger partial charge in [0.15, 0.2) is 11.6 Å². The van der Waals surface area contributed by atoms with Crippen LogP contribution in [0, 0.1) is 11.3 Å². The number of rotatable bonds is 2. The molecule has 0 amide bonds. The normalized spacial score (nSPS) is 9.20. The summed E-state index contributed by atoms with van der Waals surface area (Å²) < 4.78 is 4.96. The number of hydrogen-bond donors (Lipinski definition) is 0. The SMILES string of the molecule is CCCc1nc(C#N)co1. The minimum Gasteiger partial charge on any atom is -0.448 e. The van der Waals surface area contributed by atoms with Gasteiger partial charge in [-0.15, -0.1) is 0 Å². The lowest BCUT2D eigenvalue weighted by molar-refractivity contribution is 0.491. The first kappa shape index (κ1) is 6.81. The van der Waals surface area contributed by atoms with Crippen LogP contribution in [-0.2, 0) is 6.42 Å². The van der Waals surface area contributed by atoms with Gasteiger partial charge in [0.1, 0.15) is 12.3 Å². The lowest BCUT2D eigenvalue weighted by Gasteiger charge is -1.84. The van der Waals surface area contributed by atoms with Gasteiger partial charge in [0, 0.05) is 6.42 Å². The second-order valence-electron chi connectivity index (χ2n) is 1.99. The van der Waals surface area contributed by atoms with Crippen molar-refractivity contribution in [3.63, 3.8) is 0 Å². The van der Waals surface area contributed by atoms with Crippen molar-refractivity contribution in [3.8, 4) is 6.07 Å². The van der Waals surface area contributed by atoms with Crippen molar-refractivity contribution in [1.29, 1.82) is 5.26 Å². The molecule has 3 nitrogen and oxygen atoms in total. The molecule has 1 aromatic rings. The van der Waals surface area contributed by atoms with E-state index in [4.69, 9.17) is 9.68 Å². The molecule has 0 N–H and O–H groups in total. The Kier molecular flexibility index (Phi) is 2.06. The summed E-state index contributed by atoms with van der Waals surface area (Å²) in [5.74, 6) is 0.652. The maximum atomic E-state index is 8.35. The van der Waals surface area contributed by atoms with E-state index in [-0.39, 0.29) is 0 Å². The molecule has 52 valence electrons. The average molecular weight is 136 g/mol. The van der Waals surface area contributed by atoms with Crippen molar-refractivity contribution in [2.75, 3.05) is 0 Å². The highest BCUT2D eigenvalue weighted by Gasteiger charge is 1.99. The van der Waals surface area contributed by atoms with Crippen molar-refractivity contribution in [2.45, 2.75) is 19.8 Å². The standard InChI is InChI=1S/C7H8N2O/c1-2-3-7-9-6(4-8)5-10-7/h5H,2-3H2,1H3.